The monoisotopic (exact) mass is 281 g/mol. The Balaban J connectivity index is 2.19. The molecule has 1 aromatic carbocycles. The second kappa shape index (κ2) is 5.85. The summed E-state index contributed by atoms with van der Waals surface area (Å²) in [4.78, 5) is 23.4. The largest absolute Gasteiger partial charge is 0.368 e. The number of anilines is 1. The second-order valence-corrected chi connectivity index (χ2v) is 4.79. The number of carbonyl (C=O) groups excluding carboxylic acids is 1. The molecule has 20 heavy (non-hydrogen) atoms. The molecular formula is C13H16FN3O3. The van der Waals surface area contributed by atoms with Gasteiger partial charge in [-0.05, 0) is 18.9 Å². The maximum Gasteiger partial charge on any atom is 0.272 e. The van der Waals surface area contributed by atoms with Crippen LogP contribution in [0, 0.1) is 21.8 Å². The Kier molecular flexibility index (Phi) is 4.16. The molecule has 108 valence electrons. The van der Waals surface area contributed by atoms with Crippen molar-refractivity contribution >= 4 is 17.3 Å². The van der Waals surface area contributed by atoms with E-state index in [9.17, 15) is 19.3 Å². The van der Waals surface area contributed by atoms with Gasteiger partial charge in [0.1, 0.15) is 0 Å². The van der Waals surface area contributed by atoms with E-state index in [1.807, 2.05) is 0 Å². The van der Waals surface area contributed by atoms with E-state index in [2.05, 4.69) is 5.32 Å². The Labute approximate surface area is 115 Å². The number of carbonyl (C=O) groups is 1. The summed E-state index contributed by atoms with van der Waals surface area (Å²) in [6.45, 7) is 1.07. The Hall–Kier alpha value is -2.18. The predicted molar refractivity (Wildman–Crippen MR) is 72.1 cm³/mol. The van der Waals surface area contributed by atoms with Gasteiger partial charge < -0.3 is 10.2 Å². The van der Waals surface area contributed by atoms with Crippen LogP contribution >= 0.6 is 0 Å². The minimum absolute atomic E-state index is 0.0583. The van der Waals surface area contributed by atoms with Gasteiger partial charge in [-0.15, -0.1) is 0 Å². The number of benzene rings is 1. The zero-order valence-corrected chi connectivity index (χ0v) is 11.1. The zero-order valence-electron chi connectivity index (χ0n) is 11.1. The number of hydrogen-bond acceptors (Lipinski definition) is 4. The first-order valence-electron chi connectivity index (χ1n) is 6.43. The average molecular weight is 281 g/mol. The van der Waals surface area contributed by atoms with Crippen LogP contribution in [0.15, 0.2) is 18.2 Å². The molecule has 0 aromatic heterocycles. The molecule has 1 aromatic rings. The lowest BCUT2D eigenvalue weighted by atomic mass is 9.96. The lowest BCUT2D eigenvalue weighted by molar-refractivity contribution is -0.385. The summed E-state index contributed by atoms with van der Waals surface area (Å²) in [7, 11) is 1.58. The van der Waals surface area contributed by atoms with E-state index in [4.69, 9.17) is 0 Å². The molecule has 1 N–H and O–H groups in total. The van der Waals surface area contributed by atoms with E-state index in [0.29, 0.717) is 18.8 Å². The van der Waals surface area contributed by atoms with Crippen molar-refractivity contribution in [2.75, 3.05) is 25.0 Å². The van der Waals surface area contributed by atoms with Crippen LogP contribution in [0.4, 0.5) is 15.8 Å². The minimum atomic E-state index is -0.629. The smallest absolute Gasteiger partial charge is 0.272 e. The van der Waals surface area contributed by atoms with Gasteiger partial charge in [-0.2, -0.15) is 0 Å². The fourth-order valence-corrected chi connectivity index (χ4v) is 2.48. The maximum absolute atomic E-state index is 14.0. The van der Waals surface area contributed by atoms with Crippen molar-refractivity contribution < 1.29 is 14.1 Å². The van der Waals surface area contributed by atoms with Crippen molar-refractivity contribution in [3.05, 3.63) is 34.1 Å². The molecule has 0 aliphatic carbocycles. The molecule has 1 aliphatic rings. The number of nitrogens with zero attached hydrogens (tertiary/aromatic N) is 2. The number of nitro groups is 1. The highest BCUT2D eigenvalue weighted by atomic mass is 19.1. The van der Waals surface area contributed by atoms with Gasteiger partial charge in [0, 0.05) is 26.2 Å². The van der Waals surface area contributed by atoms with Gasteiger partial charge in [0.2, 0.25) is 5.91 Å². The predicted octanol–water partition coefficient (Wildman–Crippen LogP) is 1.70. The molecule has 1 saturated heterocycles. The molecule has 6 nitrogen and oxygen atoms in total. The van der Waals surface area contributed by atoms with Gasteiger partial charge in [-0.1, -0.05) is 0 Å². The van der Waals surface area contributed by atoms with Gasteiger partial charge >= 0.3 is 0 Å². The maximum atomic E-state index is 14.0. The molecule has 0 saturated carbocycles. The molecule has 1 heterocycles. The number of amides is 1. The first kappa shape index (κ1) is 14.2. The average Bonchev–Trinajstić information content (AvgIpc) is 2.46. The molecule has 0 radical (unpaired) electrons. The summed E-state index contributed by atoms with van der Waals surface area (Å²) >= 11 is 0. The van der Waals surface area contributed by atoms with Crippen molar-refractivity contribution in [3.8, 4) is 0 Å². The fourth-order valence-electron chi connectivity index (χ4n) is 2.48. The first-order chi connectivity index (χ1) is 9.52. The number of piperidine rings is 1. The van der Waals surface area contributed by atoms with Crippen molar-refractivity contribution in [2.45, 2.75) is 12.8 Å². The van der Waals surface area contributed by atoms with E-state index in [1.54, 1.807) is 11.9 Å². The quantitative estimate of drug-likeness (QED) is 0.676. The van der Waals surface area contributed by atoms with Crippen LogP contribution < -0.4 is 10.2 Å². The number of rotatable bonds is 3. The number of halogens is 1. The van der Waals surface area contributed by atoms with Crippen molar-refractivity contribution in [3.63, 3.8) is 0 Å². The third kappa shape index (κ3) is 2.87. The number of hydrogen-bond donors (Lipinski definition) is 1. The topological polar surface area (TPSA) is 75.5 Å². The molecule has 1 aliphatic heterocycles. The highest BCUT2D eigenvalue weighted by molar-refractivity contribution is 5.79. The Morgan fingerprint density at radius 1 is 1.55 bits per heavy atom. The van der Waals surface area contributed by atoms with Gasteiger partial charge in [-0.25, -0.2) is 4.39 Å². The van der Waals surface area contributed by atoms with Crippen LogP contribution in [0.25, 0.3) is 0 Å². The standard InChI is InChI=1S/C13H16FN3O3/c1-15-13(18)9-3-2-6-16(8-9)12-5-4-10(17(19)20)7-11(12)14/h4-5,7,9H,2-3,6,8H2,1H3,(H,15,18)/t9-/m1/s1. The van der Waals surface area contributed by atoms with Crippen molar-refractivity contribution in [1.29, 1.82) is 0 Å². The number of nitrogens with one attached hydrogen (secondary N) is 1. The van der Waals surface area contributed by atoms with Crippen LogP contribution in [0.5, 0.6) is 0 Å². The van der Waals surface area contributed by atoms with Crippen molar-refractivity contribution in [2.24, 2.45) is 5.92 Å². The molecule has 1 amide bonds. The van der Waals surface area contributed by atoms with Gasteiger partial charge in [0.15, 0.2) is 5.82 Å². The minimum Gasteiger partial charge on any atom is -0.368 e. The van der Waals surface area contributed by atoms with E-state index in [0.717, 1.165) is 18.9 Å². The molecule has 0 bridgehead atoms. The van der Waals surface area contributed by atoms with E-state index >= 15 is 0 Å². The summed E-state index contributed by atoms with van der Waals surface area (Å²) < 4.78 is 14.0. The zero-order chi connectivity index (χ0) is 14.7. The highest BCUT2D eigenvalue weighted by Gasteiger charge is 2.27. The van der Waals surface area contributed by atoms with Crippen LogP contribution in [0.3, 0.4) is 0 Å². The van der Waals surface area contributed by atoms with Crippen LogP contribution in [-0.4, -0.2) is 31.0 Å². The van der Waals surface area contributed by atoms with Crippen molar-refractivity contribution in [1.82, 2.24) is 5.32 Å². The molecule has 0 unspecified atom stereocenters. The van der Waals surface area contributed by atoms with E-state index in [1.165, 1.54) is 12.1 Å². The lowest BCUT2D eigenvalue weighted by Crippen LogP contribution is -2.42. The normalized spacial score (nSPS) is 18.7. The van der Waals surface area contributed by atoms with E-state index in [-0.39, 0.29) is 17.5 Å². The fraction of sp³-hybridized carbons (Fsp3) is 0.462. The molecule has 0 spiro atoms. The summed E-state index contributed by atoms with van der Waals surface area (Å²) in [6.07, 6.45) is 1.55. The first-order valence-corrected chi connectivity index (χ1v) is 6.43. The van der Waals surface area contributed by atoms with Gasteiger partial charge in [0.05, 0.1) is 22.6 Å². The SMILES string of the molecule is CNC(=O)[C@@H]1CCCN(c2ccc([N+](=O)[O-])cc2F)C1. The van der Waals surface area contributed by atoms with Crippen LogP contribution in [0.1, 0.15) is 12.8 Å². The summed E-state index contributed by atoms with van der Waals surface area (Å²) in [5.74, 6) is -0.864. The molecular weight excluding hydrogens is 265 g/mol. The summed E-state index contributed by atoms with van der Waals surface area (Å²) in [5.41, 5.74) is 0.0373. The van der Waals surface area contributed by atoms with Crippen LogP contribution in [0.2, 0.25) is 0 Å². The summed E-state index contributed by atoms with van der Waals surface area (Å²) in [5, 5.41) is 13.2. The third-order valence-electron chi connectivity index (χ3n) is 3.52. The Morgan fingerprint density at radius 3 is 2.90 bits per heavy atom. The Bertz CT molecular complexity index is 536. The molecule has 1 fully saturated rings. The van der Waals surface area contributed by atoms with E-state index < -0.39 is 10.7 Å². The summed E-state index contributed by atoms with van der Waals surface area (Å²) in [6, 6.07) is 3.60. The van der Waals surface area contributed by atoms with Gasteiger partial charge in [-0.3, -0.25) is 14.9 Å². The van der Waals surface area contributed by atoms with Crippen LogP contribution in [-0.2, 0) is 4.79 Å². The molecule has 2 rings (SSSR count). The number of non-ortho nitro benzene ring substituents is 1. The Morgan fingerprint density at radius 2 is 2.30 bits per heavy atom. The molecule has 1 atom stereocenters. The van der Waals surface area contributed by atoms with Gasteiger partial charge in [0.25, 0.3) is 5.69 Å². The third-order valence-corrected chi connectivity index (χ3v) is 3.52. The molecule has 7 heteroatoms. The lowest BCUT2D eigenvalue weighted by Gasteiger charge is -2.33. The number of nitro benzene ring substituents is 1. The highest BCUT2D eigenvalue weighted by Crippen LogP contribution is 2.28. The second-order valence-electron chi connectivity index (χ2n) is 4.79.